The van der Waals surface area contributed by atoms with Gasteiger partial charge in [-0.25, -0.2) is 0 Å². The maximum Gasteiger partial charge on any atom is 0.340 e. The van der Waals surface area contributed by atoms with Gasteiger partial charge in [-0.3, -0.25) is 20.2 Å². The molecule has 0 saturated heterocycles. The number of hydrogen-bond donors (Lipinski definition) is 3. The van der Waals surface area contributed by atoms with Gasteiger partial charge in [-0.2, -0.15) is 0 Å². The summed E-state index contributed by atoms with van der Waals surface area (Å²) in [6.07, 6.45) is -0.351. The predicted molar refractivity (Wildman–Crippen MR) is 73.3 cm³/mol. The van der Waals surface area contributed by atoms with Crippen molar-refractivity contribution in [1.29, 1.82) is 0 Å². The van der Waals surface area contributed by atoms with Crippen molar-refractivity contribution >= 4 is 30.8 Å². The number of hydrogen-bond acceptors (Lipinski definition) is 5. The molecule has 0 aromatic heterocycles. The number of carbonyl (C=O) groups is 1. The highest BCUT2D eigenvalue weighted by atomic mass is 32.1. The van der Waals surface area contributed by atoms with Crippen LogP contribution in [0.4, 0.5) is 0 Å². The average molecular weight is 297 g/mol. The number of amides is 1. The molecule has 0 radical (unpaired) electrons. The minimum atomic E-state index is -3.37. The number of thiocarbonyl (C=S) groups is 1. The predicted octanol–water partition coefficient (Wildman–Crippen LogP) is 0.768. The Morgan fingerprint density at radius 3 is 2.17 bits per heavy atom. The largest absolute Gasteiger partial charge is 0.362 e. The zero-order valence-electron chi connectivity index (χ0n) is 10.8. The number of hydrazine groups is 1. The van der Waals surface area contributed by atoms with Gasteiger partial charge in [0, 0.05) is 6.54 Å². The molecule has 0 heterocycles. The monoisotopic (exact) mass is 297 g/mol. The van der Waals surface area contributed by atoms with Crippen molar-refractivity contribution in [1.82, 2.24) is 16.2 Å². The van der Waals surface area contributed by atoms with Gasteiger partial charge in [-0.1, -0.05) is 0 Å². The van der Waals surface area contributed by atoms with Crippen molar-refractivity contribution in [3.63, 3.8) is 0 Å². The quantitative estimate of drug-likeness (QED) is 0.363. The molecule has 0 aromatic carbocycles. The maximum atomic E-state index is 12.0. The molecule has 9 heteroatoms. The molecule has 0 spiro atoms. The highest BCUT2D eigenvalue weighted by Crippen LogP contribution is 2.47. The molecule has 0 fully saturated rings. The second-order valence-corrected chi connectivity index (χ2v) is 5.60. The normalized spacial score (nSPS) is 10.8. The first-order valence-corrected chi connectivity index (χ1v) is 7.81. The van der Waals surface area contributed by atoms with Crippen LogP contribution in [0.5, 0.6) is 0 Å². The molecule has 0 aliphatic carbocycles. The summed E-state index contributed by atoms with van der Waals surface area (Å²) in [7, 11) is -3.37. The van der Waals surface area contributed by atoms with Crippen LogP contribution in [0.25, 0.3) is 0 Å². The fourth-order valence-electron chi connectivity index (χ4n) is 1.07. The van der Waals surface area contributed by atoms with E-state index in [0.717, 1.165) is 0 Å². The van der Waals surface area contributed by atoms with Crippen LogP contribution in [0.1, 0.15) is 20.8 Å². The minimum Gasteiger partial charge on any atom is -0.362 e. The zero-order valence-corrected chi connectivity index (χ0v) is 12.5. The molecule has 1 amide bonds. The molecule has 7 nitrogen and oxygen atoms in total. The molecular weight excluding hydrogens is 277 g/mol. The van der Waals surface area contributed by atoms with Crippen LogP contribution in [0.3, 0.4) is 0 Å². The van der Waals surface area contributed by atoms with E-state index in [2.05, 4.69) is 16.2 Å². The molecule has 0 saturated carbocycles. The lowest BCUT2D eigenvalue weighted by Gasteiger charge is -2.17. The molecule has 0 bridgehead atoms. The summed E-state index contributed by atoms with van der Waals surface area (Å²) in [6.45, 7) is 6.30. The van der Waals surface area contributed by atoms with E-state index in [1.165, 1.54) is 0 Å². The van der Waals surface area contributed by atoms with E-state index in [1.54, 1.807) is 13.8 Å². The first-order valence-electron chi connectivity index (χ1n) is 5.68. The van der Waals surface area contributed by atoms with Gasteiger partial charge in [-0.15, -0.1) is 0 Å². The van der Waals surface area contributed by atoms with Gasteiger partial charge in [-0.05, 0) is 33.0 Å². The van der Waals surface area contributed by atoms with Crippen LogP contribution in [-0.2, 0) is 18.4 Å². The van der Waals surface area contributed by atoms with Gasteiger partial charge >= 0.3 is 7.60 Å². The topological polar surface area (TPSA) is 88.7 Å². The summed E-state index contributed by atoms with van der Waals surface area (Å²) in [4.78, 5) is 11.5. The van der Waals surface area contributed by atoms with E-state index in [4.69, 9.17) is 21.3 Å². The van der Waals surface area contributed by atoms with Gasteiger partial charge in [0.05, 0.1) is 13.2 Å². The molecule has 0 aliphatic heterocycles. The summed E-state index contributed by atoms with van der Waals surface area (Å²) in [6, 6.07) is 0. The summed E-state index contributed by atoms with van der Waals surface area (Å²) in [5, 5.41) is 3.07. The van der Waals surface area contributed by atoms with Crippen LogP contribution in [-0.4, -0.2) is 36.9 Å². The summed E-state index contributed by atoms with van der Waals surface area (Å²) >= 11 is 4.85. The van der Waals surface area contributed by atoms with Gasteiger partial charge in [0.1, 0.15) is 6.16 Å². The molecule has 0 atom stereocenters. The van der Waals surface area contributed by atoms with E-state index >= 15 is 0 Å². The van der Waals surface area contributed by atoms with Gasteiger partial charge in [0.15, 0.2) is 5.11 Å². The van der Waals surface area contributed by atoms with Crippen LogP contribution in [0.2, 0.25) is 0 Å². The number of nitrogens with one attached hydrogen (secondary N) is 3. The SMILES string of the molecule is CCNC(=S)NNC(=O)CP(=O)(OCC)OCC. The standard InChI is InChI=1S/C9H20N3O4PS/c1-4-10-9(18)12-11-8(13)7-17(14,15-5-2)16-6-3/h4-7H2,1-3H3,(H,11,13)(H2,10,12,18). The van der Waals surface area contributed by atoms with Crippen molar-refractivity contribution in [3.05, 3.63) is 0 Å². The third-order valence-electron chi connectivity index (χ3n) is 1.64. The van der Waals surface area contributed by atoms with Gasteiger partial charge in [0.2, 0.25) is 0 Å². The molecule has 18 heavy (non-hydrogen) atoms. The van der Waals surface area contributed by atoms with Crippen molar-refractivity contribution < 1.29 is 18.4 Å². The molecule has 0 aromatic rings. The zero-order chi connectivity index (χ0) is 14.0. The van der Waals surface area contributed by atoms with Crippen molar-refractivity contribution in [2.75, 3.05) is 25.9 Å². The molecule has 0 rings (SSSR count). The Balaban J connectivity index is 4.18. The maximum absolute atomic E-state index is 12.0. The molecule has 3 N–H and O–H groups in total. The Bertz CT molecular complexity index is 317. The van der Waals surface area contributed by atoms with E-state index in [9.17, 15) is 9.36 Å². The molecule has 106 valence electrons. The molecule has 0 unspecified atom stereocenters. The van der Waals surface area contributed by atoms with Gasteiger partial charge in [0.25, 0.3) is 5.91 Å². The Hall–Kier alpha value is -0.690. The third-order valence-corrected chi connectivity index (χ3v) is 3.87. The molecular formula is C9H20N3O4PS. The van der Waals surface area contributed by atoms with Gasteiger partial charge < -0.3 is 14.4 Å². The first-order chi connectivity index (χ1) is 8.47. The van der Waals surface area contributed by atoms with E-state index < -0.39 is 13.5 Å². The number of rotatable bonds is 7. The summed E-state index contributed by atoms with van der Waals surface area (Å²) in [5.74, 6) is -0.513. The second-order valence-electron chi connectivity index (χ2n) is 3.14. The van der Waals surface area contributed by atoms with E-state index in [1.807, 2.05) is 6.92 Å². The van der Waals surface area contributed by atoms with Crippen molar-refractivity contribution in [2.45, 2.75) is 20.8 Å². The molecule has 0 aliphatic rings. The van der Waals surface area contributed by atoms with E-state index in [-0.39, 0.29) is 24.5 Å². The third kappa shape index (κ3) is 7.60. The Labute approximate surface area is 112 Å². The lowest BCUT2D eigenvalue weighted by Crippen LogP contribution is -2.47. The average Bonchev–Trinajstić information content (AvgIpc) is 2.27. The van der Waals surface area contributed by atoms with Crippen LogP contribution < -0.4 is 16.2 Å². The van der Waals surface area contributed by atoms with Crippen molar-refractivity contribution in [3.8, 4) is 0 Å². The lowest BCUT2D eigenvalue weighted by atomic mass is 10.7. The highest BCUT2D eigenvalue weighted by molar-refractivity contribution is 7.80. The first kappa shape index (κ1) is 17.3. The fraction of sp³-hybridized carbons (Fsp3) is 0.778. The minimum absolute atomic E-state index is 0.216. The second kappa shape index (κ2) is 9.27. The Morgan fingerprint density at radius 1 is 1.17 bits per heavy atom. The van der Waals surface area contributed by atoms with Crippen LogP contribution in [0.15, 0.2) is 0 Å². The lowest BCUT2D eigenvalue weighted by molar-refractivity contribution is -0.119. The smallest absolute Gasteiger partial charge is 0.340 e. The Morgan fingerprint density at radius 2 is 1.72 bits per heavy atom. The van der Waals surface area contributed by atoms with Crippen LogP contribution >= 0.6 is 19.8 Å². The number of carbonyl (C=O) groups excluding carboxylic acids is 1. The van der Waals surface area contributed by atoms with Crippen LogP contribution in [0, 0.1) is 0 Å². The van der Waals surface area contributed by atoms with Crippen molar-refractivity contribution in [2.24, 2.45) is 0 Å². The fourth-order valence-corrected chi connectivity index (χ4v) is 2.74. The van der Waals surface area contributed by atoms with E-state index in [0.29, 0.717) is 6.54 Å². The highest BCUT2D eigenvalue weighted by Gasteiger charge is 2.27. The summed E-state index contributed by atoms with van der Waals surface area (Å²) in [5.41, 5.74) is 4.79. The Kier molecular flexibility index (Phi) is 8.91. The summed E-state index contributed by atoms with van der Waals surface area (Å²) < 4.78 is 22.0.